The molecule has 0 saturated heterocycles. The van der Waals surface area contributed by atoms with Crippen molar-refractivity contribution in [3.63, 3.8) is 0 Å². The van der Waals surface area contributed by atoms with Crippen molar-refractivity contribution >= 4 is 17.8 Å². The highest BCUT2D eigenvalue weighted by atomic mass is 35.5. The Hall–Kier alpha value is -2.87. The number of H-pyrrole nitrogens is 1. The van der Waals surface area contributed by atoms with E-state index in [-0.39, 0.29) is 17.0 Å². The number of ether oxygens (including phenoxy) is 1. The molecule has 0 fully saturated rings. The smallest absolute Gasteiger partial charge is 0.416 e. The van der Waals surface area contributed by atoms with E-state index in [0.717, 1.165) is 12.1 Å². The molecule has 0 aliphatic carbocycles. The van der Waals surface area contributed by atoms with E-state index in [9.17, 15) is 13.2 Å². The molecule has 26 heavy (non-hydrogen) atoms. The van der Waals surface area contributed by atoms with Gasteiger partial charge < -0.3 is 4.74 Å². The fourth-order valence-electron chi connectivity index (χ4n) is 2.29. The summed E-state index contributed by atoms with van der Waals surface area (Å²) in [6.07, 6.45) is -3.13. The Balaban J connectivity index is 2.08. The lowest BCUT2D eigenvalue weighted by Crippen LogP contribution is -2.05. The summed E-state index contributed by atoms with van der Waals surface area (Å²) in [6, 6.07) is 9.72. The van der Waals surface area contributed by atoms with Crippen molar-refractivity contribution in [2.24, 2.45) is 4.99 Å². The molecule has 0 atom stereocenters. The zero-order chi connectivity index (χ0) is 18.7. The number of rotatable bonds is 4. The number of alkyl halides is 3. The van der Waals surface area contributed by atoms with E-state index in [1.807, 2.05) is 0 Å². The van der Waals surface area contributed by atoms with Crippen LogP contribution in [-0.2, 0) is 6.18 Å². The van der Waals surface area contributed by atoms with Crippen LogP contribution in [0.5, 0.6) is 11.5 Å². The summed E-state index contributed by atoms with van der Waals surface area (Å²) in [4.78, 5) is 3.83. The molecule has 0 aliphatic heterocycles. The molecule has 0 amide bonds. The minimum atomic E-state index is -4.55. The van der Waals surface area contributed by atoms with Crippen molar-refractivity contribution in [3.8, 4) is 22.8 Å². The maximum Gasteiger partial charge on any atom is 0.416 e. The topological polar surface area (TPSA) is 63.2 Å². The van der Waals surface area contributed by atoms with Crippen molar-refractivity contribution in [1.82, 2.24) is 15.4 Å². The summed E-state index contributed by atoms with van der Waals surface area (Å²) in [7, 11) is 1.53. The summed E-state index contributed by atoms with van der Waals surface area (Å²) in [5, 5.41) is 10.5. The third-order valence-corrected chi connectivity index (χ3v) is 3.61. The van der Waals surface area contributed by atoms with Gasteiger partial charge in [0.25, 0.3) is 0 Å². The van der Waals surface area contributed by atoms with Crippen LogP contribution in [0, 0.1) is 0 Å². The Morgan fingerprint density at radius 3 is 2.65 bits per heavy atom. The first-order valence-electron chi connectivity index (χ1n) is 7.36. The summed E-state index contributed by atoms with van der Waals surface area (Å²) in [5.74, 6) is 0.317. The van der Waals surface area contributed by atoms with Gasteiger partial charge in [0.05, 0.1) is 5.56 Å². The lowest BCUT2D eigenvalue weighted by molar-refractivity contribution is -0.137. The fourth-order valence-corrected chi connectivity index (χ4v) is 2.47. The van der Waals surface area contributed by atoms with Crippen LogP contribution < -0.4 is 4.74 Å². The molecular weight excluding hydrogens is 369 g/mol. The lowest BCUT2D eigenvalue weighted by Gasteiger charge is -2.12. The number of hydrogen-bond donors (Lipinski definition) is 1. The van der Waals surface area contributed by atoms with Gasteiger partial charge >= 0.3 is 6.18 Å². The summed E-state index contributed by atoms with van der Waals surface area (Å²) in [5.41, 5.74) is -0.0481. The zero-order valence-electron chi connectivity index (χ0n) is 13.4. The average Bonchev–Trinajstić information content (AvgIpc) is 3.02. The Kier molecular flexibility index (Phi) is 4.94. The molecule has 2 aromatic carbocycles. The van der Waals surface area contributed by atoms with Crippen molar-refractivity contribution in [1.29, 1.82) is 0 Å². The molecule has 3 aromatic rings. The van der Waals surface area contributed by atoms with Crippen LogP contribution in [0.1, 0.15) is 11.3 Å². The van der Waals surface area contributed by atoms with Crippen LogP contribution in [-0.4, -0.2) is 28.7 Å². The number of aliphatic imine (C=N–C) groups is 1. The van der Waals surface area contributed by atoms with Gasteiger partial charge in [-0.2, -0.15) is 13.2 Å². The molecule has 3 rings (SSSR count). The zero-order valence-corrected chi connectivity index (χ0v) is 14.1. The predicted octanol–water partition coefficient (Wildman–Crippen LogP) is 4.98. The highest BCUT2D eigenvalue weighted by Gasteiger charge is 2.32. The molecule has 0 aliphatic rings. The molecule has 0 spiro atoms. The first kappa shape index (κ1) is 17.9. The Morgan fingerprint density at radius 1 is 1.15 bits per heavy atom. The van der Waals surface area contributed by atoms with Crippen molar-refractivity contribution in [2.45, 2.75) is 6.18 Å². The van der Waals surface area contributed by atoms with Crippen LogP contribution in [0.4, 0.5) is 13.2 Å². The number of halogens is 4. The van der Waals surface area contributed by atoms with Gasteiger partial charge in [0.2, 0.25) is 0 Å². The van der Waals surface area contributed by atoms with Gasteiger partial charge in [-0.05, 0) is 36.4 Å². The van der Waals surface area contributed by atoms with E-state index in [0.29, 0.717) is 16.5 Å². The molecule has 5 nitrogen and oxygen atoms in total. The monoisotopic (exact) mass is 380 g/mol. The van der Waals surface area contributed by atoms with Crippen molar-refractivity contribution in [2.75, 3.05) is 7.05 Å². The standard InChI is InChI=1S/C17H12ClF3N4O/c1-22-9-15-16(24-25-23-15)10-5-11(17(19,20)21)7-14(6-10)26-13-4-2-3-12(18)8-13/h2-9H,1H3,(H,23,24,25)/b22-9+. The summed E-state index contributed by atoms with van der Waals surface area (Å²) >= 11 is 5.89. The van der Waals surface area contributed by atoms with E-state index >= 15 is 0 Å². The Morgan fingerprint density at radius 2 is 1.96 bits per heavy atom. The van der Waals surface area contributed by atoms with E-state index in [4.69, 9.17) is 16.3 Å². The second-order valence-corrected chi connectivity index (χ2v) is 5.70. The van der Waals surface area contributed by atoms with E-state index in [2.05, 4.69) is 20.4 Å². The first-order valence-corrected chi connectivity index (χ1v) is 7.74. The van der Waals surface area contributed by atoms with Gasteiger partial charge in [0.15, 0.2) is 0 Å². The van der Waals surface area contributed by atoms with Gasteiger partial charge in [-0.25, -0.2) is 0 Å². The van der Waals surface area contributed by atoms with Crippen LogP contribution in [0.3, 0.4) is 0 Å². The maximum atomic E-state index is 13.3. The lowest BCUT2D eigenvalue weighted by atomic mass is 10.1. The van der Waals surface area contributed by atoms with Gasteiger partial charge in [-0.15, -0.1) is 5.10 Å². The molecule has 1 N–H and O–H groups in total. The Bertz CT molecular complexity index is 953. The first-order chi connectivity index (χ1) is 12.4. The minimum absolute atomic E-state index is 0.000482. The van der Waals surface area contributed by atoms with Gasteiger partial charge in [-0.3, -0.25) is 10.1 Å². The molecule has 1 aromatic heterocycles. The number of benzene rings is 2. The normalized spacial score (nSPS) is 11.9. The third kappa shape index (κ3) is 4.02. The Labute approximate surface area is 151 Å². The second-order valence-electron chi connectivity index (χ2n) is 5.26. The number of aromatic amines is 1. The minimum Gasteiger partial charge on any atom is -0.457 e. The number of hydrogen-bond acceptors (Lipinski definition) is 4. The second kappa shape index (κ2) is 7.17. The predicted molar refractivity (Wildman–Crippen MR) is 91.9 cm³/mol. The maximum absolute atomic E-state index is 13.3. The molecule has 0 unspecified atom stereocenters. The quantitative estimate of drug-likeness (QED) is 0.649. The number of nitrogens with zero attached hydrogens (tertiary/aromatic N) is 3. The van der Waals surface area contributed by atoms with Gasteiger partial charge in [0, 0.05) is 23.8 Å². The molecule has 0 radical (unpaired) electrons. The third-order valence-electron chi connectivity index (χ3n) is 3.37. The number of aromatic nitrogens is 3. The molecule has 134 valence electrons. The van der Waals surface area contributed by atoms with Crippen LogP contribution in [0.15, 0.2) is 47.5 Å². The average molecular weight is 381 g/mol. The summed E-state index contributed by atoms with van der Waals surface area (Å²) in [6.45, 7) is 0. The van der Waals surface area contributed by atoms with E-state index < -0.39 is 11.7 Å². The number of nitrogens with one attached hydrogen (secondary N) is 1. The van der Waals surface area contributed by atoms with Crippen molar-refractivity contribution < 1.29 is 17.9 Å². The molecule has 1 heterocycles. The van der Waals surface area contributed by atoms with Gasteiger partial charge in [-0.1, -0.05) is 22.9 Å². The van der Waals surface area contributed by atoms with Crippen LogP contribution in [0.2, 0.25) is 5.02 Å². The largest absolute Gasteiger partial charge is 0.457 e. The van der Waals surface area contributed by atoms with E-state index in [1.54, 1.807) is 18.2 Å². The molecule has 0 saturated carbocycles. The molecular formula is C17H12ClF3N4O. The van der Waals surface area contributed by atoms with E-state index in [1.165, 1.54) is 25.4 Å². The highest BCUT2D eigenvalue weighted by molar-refractivity contribution is 6.30. The SMILES string of the molecule is C/N=C/c1[nH]nnc1-c1cc(Oc2cccc(Cl)c2)cc(C(F)(F)F)c1. The highest BCUT2D eigenvalue weighted by Crippen LogP contribution is 2.37. The molecule has 0 bridgehead atoms. The van der Waals surface area contributed by atoms with Gasteiger partial charge in [0.1, 0.15) is 22.9 Å². The van der Waals surface area contributed by atoms with Crippen molar-refractivity contribution in [3.05, 3.63) is 58.7 Å². The molecule has 9 heteroatoms. The van der Waals surface area contributed by atoms with Crippen LogP contribution in [0.25, 0.3) is 11.3 Å². The van der Waals surface area contributed by atoms with Crippen LogP contribution >= 0.6 is 11.6 Å². The summed E-state index contributed by atoms with van der Waals surface area (Å²) < 4.78 is 45.4. The fraction of sp³-hybridized carbons (Fsp3) is 0.118.